The number of rotatable bonds is 5. The average Bonchev–Trinajstić information content (AvgIpc) is 2.25. The minimum absolute atomic E-state index is 0.116. The van der Waals surface area contributed by atoms with E-state index in [1.54, 1.807) is 6.07 Å². The molecule has 1 aromatic heterocycles. The summed E-state index contributed by atoms with van der Waals surface area (Å²) in [4.78, 5) is 15.9. The number of aromatic nitrogens is 1. The molecule has 0 aromatic carbocycles. The fourth-order valence-electron chi connectivity index (χ4n) is 1.27. The van der Waals surface area contributed by atoms with Crippen LogP contribution in [0.2, 0.25) is 0 Å². The van der Waals surface area contributed by atoms with E-state index in [-0.39, 0.29) is 5.91 Å². The maximum absolute atomic E-state index is 11.6. The minimum Gasteiger partial charge on any atom is -0.368 e. The average molecular weight is 221 g/mol. The number of nitrogens with one attached hydrogen (secondary N) is 2. The number of hydrogen-bond acceptors (Lipinski definition) is 3. The summed E-state index contributed by atoms with van der Waals surface area (Å²) >= 11 is 0. The first-order valence-corrected chi connectivity index (χ1v) is 5.65. The molecule has 1 rings (SSSR count). The monoisotopic (exact) mass is 221 g/mol. The zero-order valence-corrected chi connectivity index (χ0v) is 10.1. The maximum atomic E-state index is 11.6. The standard InChI is InChI=1S/C12H19N3O/c1-4-8-13-12(16)10-6-5-7-11(15-10)14-9(2)3/h5-7,9H,4,8H2,1-3H3,(H,13,16)(H,14,15). The number of carbonyl (C=O) groups excluding carboxylic acids is 1. The third kappa shape index (κ3) is 3.88. The Kier molecular flexibility index (Phi) is 4.76. The van der Waals surface area contributed by atoms with Crippen LogP contribution in [-0.2, 0) is 0 Å². The Labute approximate surface area is 96.5 Å². The van der Waals surface area contributed by atoms with Gasteiger partial charge in [0.05, 0.1) is 0 Å². The smallest absolute Gasteiger partial charge is 0.269 e. The number of anilines is 1. The Balaban J connectivity index is 2.69. The molecule has 4 heteroatoms. The van der Waals surface area contributed by atoms with Crippen molar-refractivity contribution in [2.24, 2.45) is 0 Å². The van der Waals surface area contributed by atoms with Crippen molar-refractivity contribution in [2.75, 3.05) is 11.9 Å². The predicted molar refractivity (Wildman–Crippen MR) is 65.6 cm³/mol. The summed E-state index contributed by atoms with van der Waals surface area (Å²) in [5.74, 6) is 0.619. The van der Waals surface area contributed by atoms with Gasteiger partial charge in [0.2, 0.25) is 0 Å². The van der Waals surface area contributed by atoms with Gasteiger partial charge in [-0.2, -0.15) is 0 Å². The van der Waals surface area contributed by atoms with Crippen molar-refractivity contribution in [2.45, 2.75) is 33.2 Å². The van der Waals surface area contributed by atoms with Crippen molar-refractivity contribution in [3.8, 4) is 0 Å². The largest absolute Gasteiger partial charge is 0.368 e. The zero-order valence-electron chi connectivity index (χ0n) is 10.1. The number of nitrogens with zero attached hydrogens (tertiary/aromatic N) is 1. The van der Waals surface area contributed by atoms with Crippen LogP contribution in [0.3, 0.4) is 0 Å². The van der Waals surface area contributed by atoms with E-state index in [1.165, 1.54) is 0 Å². The molecule has 0 unspecified atom stereocenters. The highest BCUT2D eigenvalue weighted by atomic mass is 16.1. The molecule has 0 bridgehead atoms. The van der Waals surface area contributed by atoms with Crippen LogP contribution in [0.25, 0.3) is 0 Å². The molecule has 0 radical (unpaired) electrons. The van der Waals surface area contributed by atoms with Crippen LogP contribution in [-0.4, -0.2) is 23.5 Å². The molecule has 0 spiro atoms. The molecule has 0 atom stereocenters. The second kappa shape index (κ2) is 6.10. The van der Waals surface area contributed by atoms with Gasteiger partial charge in [0.1, 0.15) is 11.5 Å². The Morgan fingerprint density at radius 2 is 2.19 bits per heavy atom. The van der Waals surface area contributed by atoms with Crippen molar-refractivity contribution in [1.29, 1.82) is 0 Å². The van der Waals surface area contributed by atoms with Gasteiger partial charge in [-0.1, -0.05) is 13.0 Å². The lowest BCUT2D eigenvalue weighted by Crippen LogP contribution is -2.25. The van der Waals surface area contributed by atoms with Gasteiger partial charge in [0.15, 0.2) is 0 Å². The zero-order chi connectivity index (χ0) is 12.0. The molecule has 0 saturated heterocycles. The third-order valence-corrected chi connectivity index (χ3v) is 1.95. The van der Waals surface area contributed by atoms with Gasteiger partial charge in [-0.15, -0.1) is 0 Å². The maximum Gasteiger partial charge on any atom is 0.269 e. The van der Waals surface area contributed by atoms with Crippen LogP contribution in [0, 0.1) is 0 Å². The Morgan fingerprint density at radius 1 is 1.44 bits per heavy atom. The molecular weight excluding hydrogens is 202 g/mol. The molecule has 16 heavy (non-hydrogen) atoms. The van der Waals surface area contributed by atoms with Crippen molar-refractivity contribution in [1.82, 2.24) is 10.3 Å². The van der Waals surface area contributed by atoms with Crippen LogP contribution < -0.4 is 10.6 Å². The summed E-state index contributed by atoms with van der Waals surface area (Å²) in [7, 11) is 0. The Morgan fingerprint density at radius 3 is 2.81 bits per heavy atom. The quantitative estimate of drug-likeness (QED) is 0.800. The molecule has 0 aliphatic rings. The van der Waals surface area contributed by atoms with E-state index in [0.717, 1.165) is 12.2 Å². The summed E-state index contributed by atoms with van der Waals surface area (Å²) in [5.41, 5.74) is 0.458. The fourth-order valence-corrected chi connectivity index (χ4v) is 1.27. The molecule has 1 amide bonds. The van der Waals surface area contributed by atoms with E-state index in [4.69, 9.17) is 0 Å². The third-order valence-electron chi connectivity index (χ3n) is 1.95. The normalized spacial score (nSPS) is 10.2. The van der Waals surface area contributed by atoms with E-state index >= 15 is 0 Å². The Bertz CT molecular complexity index is 350. The van der Waals surface area contributed by atoms with E-state index in [9.17, 15) is 4.79 Å². The van der Waals surface area contributed by atoms with Gasteiger partial charge in [-0.3, -0.25) is 4.79 Å². The lowest BCUT2D eigenvalue weighted by molar-refractivity contribution is 0.0949. The molecule has 1 aromatic rings. The van der Waals surface area contributed by atoms with Gasteiger partial charge >= 0.3 is 0 Å². The highest BCUT2D eigenvalue weighted by Crippen LogP contribution is 2.06. The minimum atomic E-state index is -0.116. The van der Waals surface area contributed by atoms with Gasteiger partial charge in [0, 0.05) is 12.6 Å². The molecular formula is C12H19N3O. The molecule has 0 aliphatic heterocycles. The predicted octanol–water partition coefficient (Wildman–Crippen LogP) is 2.04. The van der Waals surface area contributed by atoms with Crippen LogP contribution in [0.5, 0.6) is 0 Å². The first kappa shape index (κ1) is 12.5. The summed E-state index contributed by atoms with van der Waals surface area (Å²) in [6.07, 6.45) is 0.926. The van der Waals surface area contributed by atoms with Crippen LogP contribution in [0.1, 0.15) is 37.7 Å². The molecule has 4 nitrogen and oxygen atoms in total. The van der Waals surface area contributed by atoms with E-state index in [1.807, 2.05) is 32.9 Å². The van der Waals surface area contributed by atoms with Crippen molar-refractivity contribution in [3.05, 3.63) is 23.9 Å². The SMILES string of the molecule is CCCNC(=O)c1cccc(NC(C)C)n1. The Hall–Kier alpha value is -1.58. The number of hydrogen-bond donors (Lipinski definition) is 2. The molecule has 1 heterocycles. The first-order valence-electron chi connectivity index (χ1n) is 5.65. The summed E-state index contributed by atoms with van der Waals surface area (Å²) in [5, 5.41) is 5.96. The van der Waals surface area contributed by atoms with Gasteiger partial charge in [0.25, 0.3) is 5.91 Å². The molecule has 0 fully saturated rings. The van der Waals surface area contributed by atoms with Gasteiger partial charge < -0.3 is 10.6 Å². The van der Waals surface area contributed by atoms with E-state index in [2.05, 4.69) is 15.6 Å². The summed E-state index contributed by atoms with van der Waals surface area (Å²) < 4.78 is 0. The second-order valence-electron chi connectivity index (χ2n) is 3.96. The number of amides is 1. The summed E-state index contributed by atoms with van der Waals surface area (Å²) in [6, 6.07) is 5.72. The van der Waals surface area contributed by atoms with Crippen molar-refractivity contribution < 1.29 is 4.79 Å². The lowest BCUT2D eigenvalue weighted by atomic mass is 10.3. The summed E-state index contributed by atoms with van der Waals surface area (Å²) in [6.45, 7) is 6.77. The van der Waals surface area contributed by atoms with Crippen molar-refractivity contribution in [3.63, 3.8) is 0 Å². The highest BCUT2D eigenvalue weighted by molar-refractivity contribution is 5.92. The second-order valence-corrected chi connectivity index (χ2v) is 3.96. The molecule has 88 valence electrons. The van der Waals surface area contributed by atoms with E-state index < -0.39 is 0 Å². The van der Waals surface area contributed by atoms with E-state index in [0.29, 0.717) is 18.3 Å². The highest BCUT2D eigenvalue weighted by Gasteiger charge is 2.06. The fraction of sp³-hybridized carbons (Fsp3) is 0.500. The van der Waals surface area contributed by atoms with Gasteiger partial charge in [-0.05, 0) is 32.4 Å². The lowest BCUT2D eigenvalue weighted by Gasteiger charge is -2.10. The first-order chi connectivity index (χ1) is 7.63. The number of carbonyl (C=O) groups is 1. The van der Waals surface area contributed by atoms with Crippen LogP contribution in [0.15, 0.2) is 18.2 Å². The number of pyridine rings is 1. The van der Waals surface area contributed by atoms with Crippen LogP contribution in [0.4, 0.5) is 5.82 Å². The molecule has 0 saturated carbocycles. The molecule has 2 N–H and O–H groups in total. The van der Waals surface area contributed by atoms with Gasteiger partial charge in [-0.25, -0.2) is 4.98 Å². The molecule has 0 aliphatic carbocycles. The topological polar surface area (TPSA) is 54.0 Å². The van der Waals surface area contributed by atoms with Crippen LogP contribution >= 0.6 is 0 Å². The van der Waals surface area contributed by atoms with Crippen molar-refractivity contribution >= 4 is 11.7 Å².